The van der Waals surface area contributed by atoms with Crippen molar-refractivity contribution in [2.45, 2.75) is 35.8 Å². The Balaban J connectivity index is 1.61. The maximum absolute atomic E-state index is 13.8. The third-order valence-corrected chi connectivity index (χ3v) is 8.99. The number of aryl methyl sites for hydroxylation is 1. The Morgan fingerprint density at radius 3 is 2.69 bits per heavy atom. The van der Waals surface area contributed by atoms with Gasteiger partial charge in [0.1, 0.15) is 4.75 Å². The second-order valence-electron chi connectivity index (χ2n) is 8.04. The second kappa shape index (κ2) is 7.08. The summed E-state index contributed by atoms with van der Waals surface area (Å²) in [5.74, 6) is 0.0792. The van der Waals surface area contributed by atoms with Crippen LogP contribution >= 0.6 is 0 Å². The Morgan fingerprint density at radius 1 is 1.03 bits per heavy atom. The number of hydrogen-bond donors (Lipinski definition) is 1. The second-order valence-corrected chi connectivity index (χ2v) is 10.3. The molecule has 2 heterocycles. The van der Waals surface area contributed by atoms with Gasteiger partial charge in [-0.05, 0) is 59.7 Å². The van der Waals surface area contributed by atoms with Crippen LogP contribution in [0.3, 0.4) is 0 Å². The first-order valence-corrected chi connectivity index (χ1v) is 11.8. The highest BCUT2D eigenvalue weighted by Gasteiger charge is 2.56. The molecule has 1 aliphatic carbocycles. The van der Waals surface area contributed by atoms with Gasteiger partial charge in [-0.1, -0.05) is 54.6 Å². The molecule has 3 aromatic rings. The minimum Gasteiger partial charge on any atom is -0.312 e. The van der Waals surface area contributed by atoms with E-state index in [-0.39, 0.29) is 11.8 Å². The molecule has 0 amide bonds. The zero-order valence-electron chi connectivity index (χ0n) is 16.2. The molecular weight excluding hydrogens is 380 g/mol. The van der Waals surface area contributed by atoms with Crippen molar-refractivity contribution in [3.8, 4) is 11.1 Å². The first-order valence-electron chi connectivity index (χ1n) is 10.1. The number of pyridine rings is 1. The lowest BCUT2D eigenvalue weighted by atomic mass is 9.78. The highest BCUT2D eigenvalue weighted by atomic mass is 32.2. The monoisotopic (exact) mass is 404 g/mol. The van der Waals surface area contributed by atoms with Crippen molar-refractivity contribution < 1.29 is 8.42 Å². The molecule has 2 atom stereocenters. The maximum atomic E-state index is 13.8. The molecule has 5 heteroatoms. The predicted molar refractivity (Wildman–Crippen MR) is 115 cm³/mol. The average Bonchev–Trinajstić information content (AvgIpc) is 3.21. The summed E-state index contributed by atoms with van der Waals surface area (Å²) in [4.78, 5) is 4.22. The van der Waals surface area contributed by atoms with E-state index < -0.39 is 14.6 Å². The Kier molecular flexibility index (Phi) is 4.52. The average molecular weight is 405 g/mol. The summed E-state index contributed by atoms with van der Waals surface area (Å²) in [5, 5.41) is 3.49. The number of rotatable bonds is 4. The lowest BCUT2D eigenvalue weighted by Crippen LogP contribution is -2.50. The number of fused-ring (bicyclic) bond motifs is 3. The molecule has 2 aromatic carbocycles. The SMILES string of the molecule is O=S(=O)(Cc1ccccc1)C12CCNC1CCc1cc(-c3cccnc3)ccc12. The third kappa shape index (κ3) is 3.00. The van der Waals surface area contributed by atoms with Crippen LogP contribution < -0.4 is 5.32 Å². The molecule has 0 bridgehead atoms. The van der Waals surface area contributed by atoms with E-state index in [4.69, 9.17) is 0 Å². The molecule has 1 saturated heterocycles. The minimum absolute atomic E-state index is 0.0204. The van der Waals surface area contributed by atoms with Crippen molar-refractivity contribution in [1.29, 1.82) is 0 Å². The fourth-order valence-electron chi connectivity index (χ4n) is 5.12. The lowest BCUT2D eigenvalue weighted by Gasteiger charge is -2.40. The Labute approximate surface area is 171 Å². The van der Waals surface area contributed by atoms with E-state index >= 15 is 0 Å². The first kappa shape index (κ1) is 18.5. The Morgan fingerprint density at radius 2 is 1.90 bits per heavy atom. The summed E-state index contributed by atoms with van der Waals surface area (Å²) in [6.45, 7) is 0.739. The van der Waals surface area contributed by atoms with E-state index in [1.165, 1.54) is 0 Å². The number of nitrogens with one attached hydrogen (secondary N) is 1. The molecule has 0 radical (unpaired) electrons. The highest BCUT2D eigenvalue weighted by molar-refractivity contribution is 7.91. The van der Waals surface area contributed by atoms with Gasteiger partial charge in [-0.25, -0.2) is 8.42 Å². The Hall–Kier alpha value is -2.50. The van der Waals surface area contributed by atoms with E-state index in [2.05, 4.69) is 28.5 Å². The lowest BCUT2D eigenvalue weighted by molar-refractivity contribution is 0.415. The van der Waals surface area contributed by atoms with E-state index in [0.717, 1.165) is 47.2 Å². The molecule has 2 aliphatic rings. The fourth-order valence-corrected chi connectivity index (χ4v) is 7.59. The van der Waals surface area contributed by atoms with Gasteiger partial charge in [0.25, 0.3) is 0 Å². The van der Waals surface area contributed by atoms with Crippen LogP contribution in [-0.2, 0) is 26.8 Å². The van der Waals surface area contributed by atoms with Crippen LogP contribution in [0.4, 0.5) is 0 Å². The highest BCUT2D eigenvalue weighted by Crippen LogP contribution is 2.49. The number of nitrogens with zero attached hydrogens (tertiary/aromatic N) is 1. The maximum Gasteiger partial charge on any atom is 0.165 e. The largest absolute Gasteiger partial charge is 0.312 e. The van der Waals surface area contributed by atoms with Gasteiger partial charge in [0, 0.05) is 18.4 Å². The van der Waals surface area contributed by atoms with Crippen LogP contribution in [0, 0.1) is 0 Å². The van der Waals surface area contributed by atoms with Crippen molar-refractivity contribution in [1.82, 2.24) is 10.3 Å². The Bertz CT molecular complexity index is 1130. The van der Waals surface area contributed by atoms with Crippen molar-refractivity contribution >= 4 is 9.84 Å². The zero-order chi connectivity index (χ0) is 19.9. The van der Waals surface area contributed by atoms with E-state index in [0.29, 0.717) is 6.42 Å². The zero-order valence-corrected chi connectivity index (χ0v) is 17.0. The van der Waals surface area contributed by atoms with Crippen molar-refractivity contribution in [3.05, 3.63) is 89.7 Å². The van der Waals surface area contributed by atoms with Gasteiger partial charge < -0.3 is 5.32 Å². The van der Waals surface area contributed by atoms with E-state index in [1.807, 2.05) is 48.7 Å². The number of aromatic nitrogens is 1. The normalized spacial score (nSPS) is 23.4. The minimum atomic E-state index is -3.40. The van der Waals surface area contributed by atoms with Crippen molar-refractivity contribution in [2.75, 3.05) is 6.54 Å². The quantitative estimate of drug-likeness (QED) is 0.717. The van der Waals surface area contributed by atoms with Crippen LogP contribution in [0.5, 0.6) is 0 Å². The molecule has 0 spiro atoms. The molecule has 1 fully saturated rings. The van der Waals surface area contributed by atoms with Crippen molar-refractivity contribution in [2.24, 2.45) is 0 Å². The van der Waals surface area contributed by atoms with E-state index in [1.54, 1.807) is 6.20 Å². The fraction of sp³-hybridized carbons (Fsp3) is 0.292. The summed E-state index contributed by atoms with van der Waals surface area (Å²) < 4.78 is 26.8. The molecule has 4 nitrogen and oxygen atoms in total. The van der Waals surface area contributed by atoms with Gasteiger partial charge in [0.15, 0.2) is 9.84 Å². The summed E-state index contributed by atoms with van der Waals surface area (Å²) in [5.41, 5.74) is 5.15. The number of hydrogen-bond acceptors (Lipinski definition) is 4. The summed E-state index contributed by atoms with van der Waals surface area (Å²) in [6, 6.07) is 19.8. The molecule has 29 heavy (non-hydrogen) atoms. The summed E-state index contributed by atoms with van der Waals surface area (Å²) >= 11 is 0. The van der Waals surface area contributed by atoms with Crippen LogP contribution in [-0.4, -0.2) is 26.0 Å². The molecule has 148 valence electrons. The molecule has 0 saturated carbocycles. The molecule has 2 unspecified atom stereocenters. The van der Waals surface area contributed by atoms with Gasteiger partial charge in [-0.2, -0.15) is 0 Å². The van der Waals surface area contributed by atoms with Gasteiger partial charge >= 0.3 is 0 Å². The van der Waals surface area contributed by atoms with Crippen LogP contribution in [0.1, 0.15) is 29.5 Å². The summed E-state index contributed by atoms with van der Waals surface area (Å²) in [7, 11) is -3.40. The van der Waals surface area contributed by atoms with E-state index in [9.17, 15) is 8.42 Å². The third-order valence-electron chi connectivity index (χ3n) is 6.46. The number of benzene rings is 2. The van der Waals surface area contributed by atoms with Gasteiger partial charge in [-0.15, -0.1) is 0 Å². The first-order chi connectivity index (χ1) is 14.1. The van der Waals surface area contributed by atoms with Crippen LogP contribution in [0.2, 0.25) is 0 Å². The van der Waals surface area contributed by atoms with Crippen molar-refractivity contribution in [3.63, 3.8) is 0 Å². The van der Waals surface area contributed by atoms with Gasteiger partial charge in [-0.3, -0.25) is 4.98 Å². The molecule has 1 N–H and O–H groups in total. The molecule has 1 aliphatic heterocycles. The standard InChI is InChI=1S/C24H24N2O2S/c27-29(28,17-18-5-2-1-3-6-18)24-12-14-26-23(24)11-9-20-15-19(8-10-22(20)24)21-7-4-13-25-16-21/h1-8,10,13,15-16,23,26H,9,11-12,14,17H2. The van der Waals surface area contributed by atoms with Crippen LogP contribution in [0.15, 0.2) is 73.1 Å². The topological polar surface area (TPSA) is 59.1 Å². The molecule has 1 aromatic heterocycles. The number of sulfone groups is 1. The van der Waals surface area contributed by atoms with Gasteiger partial charge in [0.05, 0.1) is 5.75 Å². The summed E-state index contributed by atoms with van der Waals surface area (Å²) in [6.07, 6.45) is 5.99. The van der Waals surface area contributed by atoms with Crippen LogP contribution in [0.25, 0.3) is 11.1 Å². The van der Waals surface area contributed by atoms with Gasteiger partial charge in [0.2, 0.25) is 0 Å². The predicted octanol–water partition coefficient (Wildman–Crippen LogP) is 3.87. The smallest absolute Gasteiger partial charge is 0.165 e. The molecular formula is C24H24N2O2S. The molecule has 5 rings (SSSR count).